The summed E-state index contributed by atoms with van der Waals surface area (Å²) in [6.45, 7) is 4.74. The van der Waals surface area contributed by atoms with Crippen molar-refractivity contribution < 1.29 is 24.9 Å². The number of hydrogen-bond acceptors (Lipinski definition) is 6. The average molecular weight is 459 g/mol. The van der Waals surface area contributed by atoms with Crippen molar-refractivity contribution in [3.63, 3.8) is 0 Å². The van der Waals surface area contributed by atoms with E-state index in [4.69, 9.17) is 43.0 Å². The fourth-order valence-electron chi connectivity index (χ4n) is 3.15. The maximum absolute atomic E-state index is 11.5. The van der Waals surface area contributed by atoms with Crippen LogP contribution in [0.15, 0.2) is 36.9 Å². The normalized spacial score (nSPS) is 16.9. The molecule has 9 nitrogen and oxygen atoms in total. The number of aliphatic hydroxyl groups is 1. The molecule has 1 fully saturated rings. The first-order valence-corrected chi connectivity index (χ1v) is 9.87. The van der Waals surface area contributed by atoms with Crippen LogP contribution in [0.1, 0.15) is 5.56 Å². The van der Waals surface area contributed by atoms with Crippen LogP contribution in [0.3, 0.4) is 0 Å². The van der Waals surface area contributed by atoms with Gasteiger partial charge in [-0.25, -0.2) is 14.6 Å². The van der Waals surface area contributed by atoms with Gasteiger partial charge in [0.15, 0.2) is 0 Å². The molecule has 0 bridgehead atoms. The van der Waals surface area contributed by atoms with Crippen LogP contribution in [0.5, 0.6) is 0 Å². The molecule has 1 saturated heterocycles. The van der Waals surface area contributed by atoms with Gasteiger partial charge in [-0.2, -0.15) is 0 Å². The van der Waals surface area contributed by atoms with Gasteiger partial charge in [-0.3, -0.25) is 4.90 Å². The van der Waals surface area contributed by atoms with Gasteiger partial charge in [0.2, 0.25) is 0 Å². The predicted molar refractivity (Wildman–Crippen MR) is 112 cm³/mol. The van der Waals surface area contributed by atoms with E-state index < -0.39 is 17.5 Å². The van der Waals surface area contributed by atoms with Crippen molar-refractivity contribution in [2.75, 3.05) is 39.8 Å². The summed E-state index contributed by atoms with van der Waals surface area (Å²) in [4.78, 5) is 26.8. The number of likely N-dealkylation sites (N-methyl/N-ethyl adjacent to an activating group) is 1. The lowest BCUT2D eigenvalue weighted by molar-refractivity contribution is -0.159. The van der Waals surface area contributed by atoms with E-state index in [0.29, 0.717) is 28.7 Å². The molecule has 1 unspecified atom stereocenters. The molecule has 2 aromatic rings. The van der Waals surface area contributed by atoms with Crippen molar-refractivity contribution in [1.29, 1.82) is 0 Å². The van der Waals surface area contributed by atoms with E-state index in [1.54, 1.807) is 24.7 Å². The number of carboxylic acids is 2. The predicted octanol–water partition coefficient (Wildman–Crippen LogP) is 1.48. The highest BCUT2D eigenvalue weighted by Crippen LogP contribution is 2.33. The number of imidazole rings is 1. The summed E-state index contributed by atoms with van der Waals surface area (Å²) < 4.78 is 1.88. The molecular weight excluding hydrogens is 435 g/mol. The van der Waals surface area contributed by atoms with Gasteiger partial charge in [0, 0.05) is 60.7 Å². The fraction of sp³-hybridized carbons (Fsp3) is 0.421. The number of piperazine rings is 1. The Hall–Kier alpha value is -2.17. The van der Waals surface area contributed by atoms with E-state index in [0.717, 1.165) is 26.2 Å². The van der Waals surface area contributed by atoms with Crippen molar-refractivity contribution in [2.24, 2.45) is 0 Å². The minimum atomic E-state index is -1.82. The van der Waals surface area contributed by atoms with Crippen LogP contribution in [-0.4, -0.2) is 86.4 Å². The lowest BCUT2D eigenvalue weighted by atomic mass is 9.92. The topological polar surface area (TPSA) is 119 Å². The first kappa shape index (κ1) is 24.1. The Labute approximate surface area is 184 Å². The van der Waals surface area contributed by atoms with Crippen molar-refractivity contribution in [3.8, 4) is 0 Å². The van der Waals surface area contributed by atoms with Crippen LogP contribution in [0.4, 0.5) is 0 Å². The van der Waals surface area contributed by atoms with E-state index in [1.807, 2.05) is 16.8 Å². The summed E-state index contributed by atoms with van der Waals surface area (Å²) in [7, 11) is 2.12. The van der Waals surface area contributed by atoms with Crippen molar-refractivity contribution in [1.82, 2.24) is 19.4 Å². The molecule has 3 rings (SSSR count). The van der Waals surface area contributed by atoms with Gasteiger partial charge < -0.3 is 24.8 Å². The monoisotopic (exact) mass is 458 g/mol. The summed E-state index contributed by atoms with van der Waals surface area (Å²) in [5.41, 5.74) is -0.417. The number of carboxylic acid groups (broad SMARTS) is 2. The first-order valence-electron chi connectivity index (χ1n) is 9.11. The number of rotatable bonds is 5. The maximum atomic E-state index is 11.5. The molecule has 1 aliphatic heterocycles. The molecule has 2 heterocycles. The van der Waals surface area contributed by atoms with Crippen LogP contribution < -0.4 is 0 Å². The Balaban J connectivity index is 0.000000469. The Bertz CT molecular complexity index is 845. The maximum Gasteiger partial charge on any atom is 0.414 e. The molecule has 0 amide bonds. The molecule has 1 aliphatic rings. The van der Waals surface area contributed by atoms with Crippen molar-refractivity contribution in [2.45, 2.75) is 12.1 Å². The van der Waals surface area contributed by atoms with Crippen molar-refractivity contribution >= 4 is 35.1 Å². The van der Waals surface area contributed by atoms with Gasteiger partial charge in [0.05, 0.1) is 12.9 Å². The van der Waals surface area contributed by atoms with E-state index in [9.17, 15) is 5.11 Å². The van der Waals surface area contributed by atoms with Crippen LogP contribution in [0.2, 0.25) is 10.0 Å². The average Bonchev–Trinajstić information content (AvgIpc) is 3.16. The Morgan fingerprint density at radius 3 is 2.23 bits per heavy atom. The zero-order valence-corrected chi connectivity index (χ0v) is 17.9. The summed E-state index contributed by atoms with van der Waals surface area (Å²) in [6.07, 6.45) is 5.26. The third-order valence-corrected chi connectivity index (χ3v) is 5.25. The zero-order valence-electron chi connectivity index (χ0n) is 16.4. The van der Waals surface area contributed by atoms with E-state index in [1.165, 1.54) is 0 Å². The molecular formula is C19H24Cl2N4O5. The summed E-state index contributed by atoms with van der Waals surface area (Å²) >= 11 is 12.4. The highest BCUT2D eigenvalue weighted by Gasteiger charge is 2.35. The molecule has 1 atom stereocenters. The zero-order chi connectivity index (χ0) is 22.3. The molecule has 1 aromatic heterocycles. The number of carbonyl (C=O) groups is 2. The second-order valence-corrected chi connectivity index (χ2v) is 7.92. The Kier molecular flexibility index (Phi) is 8.63. The molecule has 30 heavy (non-hydrogen) atoms. The minimum absolute atomic E-state index is 0.390. The van der Waals surface area contributed by atoms with E-state index in [2.05, 4.69) is 21.8 Å². The molecule has 164 valence electrons. The number of aliphatic carboxylic acids is 2. The lowest BCUT2D eigenvalue weighted by Gasteiger charge is -2.39. The number of benzene rings is 1. The smallest absolute Gasteiger partial charge is 0.414 e. The van der Waals surface area contributed by atoms with Crippen LogP contribution in [0.25, 0.3) is 0 Å². The summed E-state index contributed by atoms with van der Waals surface area (Å²) in [5, 5.41) is 27.3. The molecule has 0 radical (unpaired) electrons. The molecule has 1 aromatic carbocycles. The third-order valence-electron chi connectivity index (χ3n) is 4.70. The second kappa shape index (κ2) is 10.7. The van der Waals surface area contributed by atoms with Crippen LogP contribution >= 0.6 is 23.2 Å². The molecule has 3 N–H and O–H groups in total. The Morgan fingerprint density at radius 2 is 1.73 bits per heavy atom. The highest BCUT2D eigenvalue weighted by molar-refractivity contribution is 6.35. The number of halogens is 2. The third kappa shape index (κ3) is 6.96. The SMILES string of the molecule is CN1CCN(CC(O)(Cn2ccnc2)c2ccc(Cl)cc2Cl)CC1.O=C(O)C(=O)O. The number of β-amino-alcohol motifs (C(OH)–C–C–N with tert-alkyl or cyclic N) is 1. The number of aromatic nitrogens is 2. The van der Waals surface area contributed by atoms with E-state index in [-0.39, 0.29) is 0 Å². The summed E-state index contributed by atoms with van der Waals surface area (Å²) in [5.74, 6) is -3.65. The van der Waals surface area contributed by atoms with Crippen LogP contribution in [0, 0.1) is 0 Å². The minimum Gasteiger partial charge on any atom is -0.473 e. The molecule has 0 saturated carbocycles. The summed E-state index contributed by atoms with van der Waals surface area (Å²) in [6, 6.07) is 5.27. The molecule has 0 spiro atoms. The van der Waals surface area contributed by atoms with Gasteiger partial charge in [-0.05, 0) is 19.2 Å². The quantitative estimate of drug-likeness (QED) is 0.576. The molecule has 0 aliphatic carbocycles. The standard InChI is InChI=1S/C17H22Cl2N4O.C2H2O4/c1-21-6-8-22(9-7-21)11-17(24,12-23-5-4-20-13-23)15-3-2-14(18)10-16(15)19;3-1(4)2(5)6/h2-5,10,13,24H,6-9,11-12H2,1H3;(H,3,4)(H,5,6). The lowest BCUT2D eigenvalue weighted by Crippen LogP contribution is -2.51. The number of nitrogens with zero attached hydrogens (tertiary/aromatic N) is 4. The van der Waals surface area contributed by atoms with Gasteiger partial charge in [0.25, 0.3) is 0 Å². The van der Waals surface area contributed by atoms with Gasteiger partial charge >= 0.3 is 11.9 Å². The van der Waals surface area contributed by atoms with Crippen molar-refractivity contribution in [3.05, 3.63) is 52.5 Å². The van der Waals surface area contributed by atoms with Gasteiger partial charge in [-0.1, -0.05) is 29.3 Å². The number of hydrogen-bond donors (Lipinski definition) is 3. The highest BCUT2D eigenvalue weighted by atomic mass is 35.5. The first-order chi connectivity index (χ1) is 14.1. The molecule has 11 heteroatoms. The fourth-order valence-corrected chi connectivity index (χ4v) is 3.73. The largest absolute Gasteiger partial charge is 0.473 e. The van der Waals surface area contributed by atoms with Gasteiger partial charge in [0.1, 0.15) is 5.60 Å². The Morgan fingerprint density at radius 1 is 1.10 bits per heavy atom. The van der Waals surface area contributed by atoms with E-state index >= 15 is 0 Å². The second-order valence-electron chi connectivity index (χ2n) is 7.08. The van der Waals surface area contributed by atoms with Crippen LogP contribution in [-0.2, 0) is 21.7 Å². The van der Waals surface area contributed by atoms with Gasteiger partial charge in [-0.15, -0.1) is 0 Å².